The first-order valence-electron chi connectivity index (χ1n) is 5.05. The minimum Gasteiger partial charge on any atom is -0.316 e. The van der Waals surface area contributed by atoms with Gasteiger partial charge in [0.25, 0.3) is 0 Å². The van der Waals surface area contributed by atoms with Gasteiger partial charge in [0.05, 0.1) is 0 Å². The van der Waals surface area contributed by atoms with Gasteiger partial charge in [-0.15, -0.1) is 0 Å². The Morgan fingerprint density at radius 2 is 2.38 bits per heavy atom. The molecule has 0 aromatic rings. The molecule has 0 aromatic heterocycles. The third-order valence-electron chi connectivity index (χ3n) is 2.41. The molecule has 1 rings (SSSR count). The number of hydrogen-bond donors (Lipinski definition) is 1. The van der Waals surface area contributed by atoms with Crippen molar-refractivity contribution in [3.05, 3.63) is 12.2 Å². The highest BCUT2D eigenvalue weighted by Crippen LogP contribution is 2.16. The van der Waals surface area contributed by atoms with Gasteiger partial charge in [0.2, 0.25) is 0 Å². The predicted molar refractivity (Wildman–Crippen MR) is 54.6 cm³/mol. The summed E-state index contributed by atoms with van der Waals surface area (Å²) in [6.45, 7) is 7.80. The first kappa shape index (κ1) is 10.5. The minimum absolute atomic E-state index is 0.348. The van der Waals surface area contributed by atoms with Gasteiger partial charge in [0.1, 0.15) is 5.78 Å². The molecule has 13 heavy (non-hydrogen) atoms. The van der Waals surface area contributed by atoms with Crippen LogP contribution in [-0.2, 0) is 4.79 Å². The van der Waals surface area contributed by atoms with Crippen molar-refractivity contribution < 1.29 is 4.79 Å². The third kappa shape index (κ3) is 4.23. The van der Waals surface area contributed by atoms with Crippen LogP contribution in [-0.4, -0.2) is 18.9 Å². The van der Waals surface area contributed by atoms with Crippen LogP contribution in [0.1, 0.15) is 32.6 Å². The predicted octanol–water partition coefficient (Wildman–Crippen LogP) is 1.91. The lowest BCUT2D eigenvalue weighted by molar-refractivity contribution is -0.119. The van der Waals surface area contributed by atoms with Gasteiger partial charge in [0.15, 0.2) is 0 Å². The van der Waals surface area contributed by atoms with Gasteiger partial charge in [-0.3, -0.25) is 4.79 Å². The summed E-state index contributed by atoms with van der Waals surface area (Å²) in [7, 11) is 0. The van der Waals surface area contributed by atoms with Crippen LogP contribution < -0.4 is 5.32 Å². The second-order valence-electron chi connectivity index (χ2n) is 4.09. The molecule has 0 bridgehead atoms. The van der Waals surface area contributed by atoms with Gasteiger partial charge in [0, 0.05) is 12.8 Å². The standard InChI is InChI=1S/C11H19NO/c1-9(2)6-11(13)7-10-4-3-5-12-8-10/h10,12H,1,3-8H2,2H3. The van der Waals surface area contributed by atoms with Gasteiger partial charge < -0.3 is 5.32 Å². The van der Waals surface area contributed by atoms with Crippen molar-refractivity contribution in [2.45, 2.75) is 32.6 Å². The molecule has 0 spiro atoms. The van der Waals surface area contributed by atoms with Crippen molar-refractivity contribution in [1.82, 2.24) is 5.32 Å². The molecule has 0 amide bonds. The number of hydrogen-bond acceptors (Lipinski definition) is 2. The van der Waals surface area contributed by atoms with Crippen LogP contribution in [0, 0.1) is 5.92 Å². The monoisotopic (exact) mass is 181 g/mol. The van der Waals surface area contributed by atoms with E-state index in [1.807, 2.05) is 6.92 Å². The Balaban J connectivity index is 2.22. The Hall–Kier alpha value is -0.630. The number of Topliss-reactive ketones (excluding diaryl/α,β-unsaturated/α-hetero) is 1. The topological polar surface area (TPSA) is 29.1 Å². The Kier molecular flexibility index (Phi) is 4.16. The zero-order valence-electron chi connectivity index (χ0n) is 8.44. The number of carbonyl (C=O) groups is 1. The van der Waals surface area contributed by atoms with E-state index in [4.69, 9.17) is 0 Å². The first-order valence-corrected chi connectivity index (χ1v) is 5.05. The molecule has 0 radical (unpaired) electrons. The average Bonchev–Trinajstić information content (AvgIpc) is 2.04. The smallest absolute Gasteiger partial charge is 0.137 e. The summed E-state index contributed by atoms with van der Waals surface area (Å²) < 4.78 is 0. The average molecular weight is 181 g/mol. The highest BCUT2D eigenvalue weighted by Gasteiger charge is 2.16. The molecule has 2 nitrogen and oxygen atoms in total. The van der Waals surface area contributed by atoms with E-state index in [0.717, 1.165) is 25.1 Å². The van der Waals surface area contributed by atoms with Crippen LogP contribution in [0.25, 0.3) is 0 Å². The van der Waals surface area contributed by atoms with Crippen molar-refractivity contribution in [2.24, 2.45) is 5.92 Å². The minimum atomic E-state index is 0.348. The lowest BCUT2D eigenvalue weighted by Gasteiger charge is -2.21. The summed E-state index contributed by atoms with van der Waals surface area (Å²) in [5, 5.41) is 3.32. The largest absolute Gasteiger partial charge is 0.316 e. The van der Waals surface area contributed by atoms with Crippen LogP contribution in [0.5, 0.6) is 0 Å². The second-order valence-corrected chi connectivity index (χ2v) is 4.09. The van der Waals surface area contributed by atoms with Crippen LogP contribution in [0.3, 0.4) is 0 Å². The molecule has 2 heteroatoms. The molecule has 74 valence electrons. The molecule has 1 fully saturated rings. The maximum Gasteiger partial charge on any atom is 0.137 e. The van der Waals surface area contributed by atoms with E-state index in [0.29, 0.717) is 18.1 Å². The molecule has 1 atom stereocenters. The van der Waals surface area contributed by atoms with Gasteiger partial charge in [-0.1, -0.05) is 12.2 Å². The van der Waals surface area contributed by atoms with Crippen molar-refractivity contribution in [2.75, 3.05) is 13.1 Å². The lowest BCUT2D eigenvalue weighted by Crippen LogP contribution is -2.31. The fourth-order valence-corrected chi connectivity index (χ4v) is 1.83. The quantitative estimate of drug-likeness (QED) is 0.671. The molecule has 1 heterocycles. The summed E-state index contributed by atoms with van der Waals surface area (Å²) >= 11 is 0. The summed E-state index contributed by atoms with van der Waals surface area (Å²) in [5.41, 5.74) is 0.980. The van der Waals surface area contributed by atoms with E-state index in [1.165, 1.54) is 12.8 Å². The fourth-order valence-electron chi connectivity index (χ4n) is 1.83. The molecule has 1 aliphatic rings. The maximum atomic E-state index is 11.4. The third-order valence-corrected chi connectivity index (χ3v) is 2.41. The number of carbonyl (C=O) groups excluding carboxylic acids is 1. The number of allylic oxidation sites excluding steroid dienone is 1. The molecule has 1 unspecified atom stereocenters. The first-order chi connectivity index (χ1) is 6.18. The van der Waals surface area contributed by atoms with E-state index < -0.39 is 0 Å². The zero-order valence-corrected chi connectivity index (χ0v) is 8.44. The summed E-state index contributed by atoms with van der Waals surface area (Å²) in [6.07, 6.45) is 3.72. The molecule has 1 aliphatic heterocycles. The Morgan fingerprint density at radius 1 is 1.62 bits per heavy atom. The number of piperidine rings is 1. The Labute approximate surface area is 80.4 Å². The Bertz CT molecular complexity index is 192. The van der Waals surface area contributed by atoms with E-state index in [1.54, 1.807) is 0 Å². The summed E-state index contributed by atoms with van der Waals surface area (Å²) in [4.78, 5) is 11.4. The van der Waals surface area contributed by atoms with Gasteiger partial charge in [-0.25, -0.2) is 0 Å². The van der Waals surface area contributed by atoms with Gasteiger partial charge in [-0.2, -0.15) is 0 Å². The highest BCUT2D eigenvalue weighted by atomic mass is 16.1. The van der Waals surface area contributed by atoms with E-state index in [9.17, 15) is 4.79 Å². The lowest BCUT2D eigenvalue weighted by atomic mass is 9.92. The second kappa shape index (κ2) is 5.18. The summed E-state index contributed by atoms with van der Waals surface area (Å²) in [6, 6.07) is 0. The van der Waals surface area contributed by atoms with Crippen LogP contribution in [0.15, 0.2) is 12.2 Å². The molecule has 1 saturated heterocycles. The number of ketones is 1. The highest BCUT2D eigenvalue weighted by molar-refractivity contribution is 5.80. The van der Waals surface area contributed by atoms with Crippen LogP contribution in [0.2, 0.25) is 0 Å². The normalized spacial score (nSPS) is 22.7. The molecule has 0 saturated carbocycles. The van der Waals surface area contributed by atoms with Crippen molar-refractivity contribution >= 4 is 5.78 Å². The molecular weight excluding hydrogens is 162 g/mol. The SMILES string of the molecule is C=C(C)CC(=O)CC1CCCNC1. The molecule has 0 aromatic carbocycles. The molecular formula is C11H19NO. The van der Waals surface area contributed by atoms with E-state index in [2.05, 4.69) is 11.9 Å². The van der Waals surface area contributed by atoms with E-state index in [-0.39, 0.29) is 0 Å². The zero-order chi connectivity index (χ0) is 9.68. The van der Waals surface area contributed by atoms with Crippen LogP contribution in [0.4, 0.5) is 0 Å². The van der Waals surface area contributed by atoms with Crippen molar-refractivity contribution in [3.8, 4) is 0 Å². The fraction of sp³-hybridized carbons (Fsp3) is 0.727. The number of rotatable bonds is 4. The van der Waals surface area contributed by atoms with Gasteiger partial charge >= 0.3 is 0 Å². The van der Waals surface area contributed by atoms with E-state index >= 15 is 0 Å². The van der Waals surface area contributed by atoms with Crippen molar-refractivity contribution in [1.29, 1.82) is 0 Å². The van der Waals surface area contributed by atoms with Gasteiger partial charge in [-0.05, 0) is 38.8 Å². The van der Waals surface area contributed by atoms with Crippen molar-refractivity contribution in [3.63, 3.8) is 0 Å². The molecule has 0 aliphatic carbocycles. The summed E-state index contributed by atoms with van der Waals surface area (Å²) in [5.74, 6) is 0.918. The maximum absolute atomic E-state index is 11.4. The molecule has 1 N–H and O–H groups in total. The van der Waals surface area contributed by atoms with Crippen LogP contribution >= 0.6 is 0 Å². The Morgan fingerprint density at radius 3 is 2.92 bits per heavy atom. The number of nitrogens with one attached hydrogen (secondary N) is 1.